The fourth-order valence-electron chi connectivity index (χ4n) is 2.05. The van der Waals surface area contributed by atoms with Crippen molar-refractivity contribution in [3.05, 3.63) is 54.1 Å². The van der Waals surface area contributed by atoms with Crippen LogP contribution >= 0.6 is 0 Å². The van der Waals surface area contributed by atoms with Gasteiger partial charge in [0.05, 0.1) is 21.3 Å². The third-order valence-electron chi connectivity index (χ3n) is 3.10. The van der Waals surface area contributed by atoms with E-state index in [4.69, 9.17) is 18.9 Å². The summed E-state index contributed by atoms with van der Waals surface area (Å²) in [7, 11) is 4.60. The van der Waals surface area contributed by atoms with E-state index in [-0.39, 0.29) is 0 Å². The highest BCUT2D eigenvalue weighted by Crippen LogP contribution is 2.40. The Morgan fingerprint density at radius 3 is 2.17 bits per heavy atom. The Kier molecular flexibility index (Phi) is 5.63. The minimum absolute atomic E-state index is 0.466. The van der Waals surface area contributed by atoms with Gasteiger partial charge in [0.15, 0.2) is 11.5 Å². The highest BCUT2D eigenvalue weighted by molar-refractivity contribution is 5.89. The third kappa shape index (κ3) is 4.03. The SMILES string of the molecule is COc1ccc(C=CC(=O)Oc2ccccc2)c(OC)c1OC. The smallest absolute Gasteiger partial charge is 0.336 e. The molecule has 0 aliphatic heterocycles. The first-order valence-corrected chi connectivity index (χ1v) is 6.93. The highest BCUT2D eigenvalue weighted by atomic mass is 16.5. The minimum atomic E-state index is -0.479. The number of rotatable bonds is 6. The van der Waals surface area contributed by atoms with Crippen LogP contribution < -0.4 is 18.9 Å². The molecule has 5 heteroatoms. The first-order chi connectivity index (χ1) is 11.2. The summed E-state index contributed by atoms with van der Waals surface area (Å²) in [5.74, 6) is 1.51. The summed E-state index contributed by atoms with van der Waals surface area (Å²) in [5, 5.41) is 0. The first kappa shape index (κ1) is 16.4. The summed E-state index contributed by atoms with van der Waals surface area (Å²) in [6, 6.07) is 12.4. The van der Waals surface area contributed by atoms with Gasteiger partial charge in [0, 0.05) is 11.6 Å². The molecule has 0 saturated heterocycles. The van der Waals surface area contributed by atoms with Crippen molar-refractivity contribution in [1.29, 1.82) is 0 Å². The number of carbonyl (C=O) groups excluding carboxylic acids is 1. The number of carbonyl (C=O) groups is 1. The number of hydrogen-bond donors (Lipinski definition) is 0. The monoisotopic (exact) mass is 314 g/mol. The average molecular weight is 314 g/mol. The van der Waals surface area contributed by atoms with E-state index in [2.05, 4.69) is 0 Å². The number of ether oxygens (including phenoxy) is 4. The Balaban J connectivity index is 2.20. The summed E-state index contributed by atoms with van der Waals surface area (Å²) in [4.78, 5) is 11.9. The molecule has 0 fully saturated rings. The van der Waals surface area contributed by atoms with E-state index >= 15 is 0 Å². The van der Waals surface area contributed by atoms with Crippen LogP contribution in [0.5, 0.6) is 23.0 Å². The van der Waals surface area contributed by atoms with Gasteiger partial charge in [0.25, 0.3) is 0 Å². The van der Waals surface area contributed by atoms with Crippen molar-refractivity contribution in [3.63, 3.8) is 0 Å². The van der Waals surface area contributed by atoms with Gasteiger partial charge in [-0.3, -0.25) is 0 Å². The quantitative estimate of drug-likeness (QED) is 0.465. The molecule has 0 amide bonds. The van der Waals surface area contributed by atoms with E-state index in [0.717, 1.165) is 0 Å². The number of hydrogen-bond acceptors (Lipinski definition) is 5. The molecule has 5 nitrogen and oxygen atoms in total. The molecule has 120 valence electrons. The second-order valence-corrected chi connectivity index (χ2v) is 4.49. The molecule has 0 bridgehead atoms. The maximum absolute atomic E-state index is 11.9. The van der Waals surface area contributed by atoms with Crippen molar-refractivity contribution in [2.45, 2.75) is 0 Å². The topological polar surface area (TPSA) is 54.0 Å². The Hall–Kier alpha value is -2.95. The molecule has 0 heterocycles. The van der Waals surface area contributed by atoms with Gasteiger partial charge in [0.1, 0.15) is 5.75 Å². The van der Waals surface area contributed by atoms with E-state index in [1.807, 2.05) is 6.07 Å². The zero-order chi connectivity index (χ0) is 16.7. The van der Waals surface area contributed by atoms with Gasteiger partial charge in [-0.05, 0) is 30.3 Å². The normalized spacial score (nSPS) is 10.4. The summed E-state index contributed by atoms with van der Waals surface area (Å²) in [5.41, 5.74) is 0.676. The lowest BCUT2D eigenvalue weighted by molar-refractivity contribution is -0.128. The van der Waals surface area contributed by atoms with E-state index in [1.54, 1.807) is 49.6 Å². The van der Waals surface area contributed by atoms with Crippen LogP contribution in [0.4, 0.5) is 0 Å². The van der Waals surface area contributed by atoms with Crippen LogP contribution in [0.1, 0.15) is 5.56 Å². The molecule has 0 aliphatic carbocycles. The van der Waals surface area contributed by atoms with Crippen LogP contribution in [0.3, 0.4) is 0 Å². The van der Waals surface area contributed by atoms with Crippen LogP contribution in [0.25, 0.3) is 6.08 Å². The van der Waals surface area contributed by atoms with Gasteiger partial charge in [0.2, 0.25) is 5.75 Å². The van der Waals surface area contributed by atoms with Crippen LogP contribution in [0.15, 0.2) is 48.5 Å². The maximum atomic E-state index is 11.9. The van der Waals surface area contributed by atoms with Gasteiger partial charge in [-0.15, -0.1) is 0 Å². The van der Waals surface area contributed by atoms with Gasteiger partial charge in [-0.25, -0.2) is 4.79 Å². The molecule has 0 unspecified atom stereocenters. The predicted molar refractivity (Wildman–Crippen MR) is 87.2 cm³/mol. The average Bonchev–Trinajstić information content (AvgIpc) is 2.59. The van der Waals surface area contributed by atoms with Gasteiger partial charge < -0.3 is 18.9 Å². The lowest BCUT2D eigenvalue weighted by atomic mass is 10.1. The Morgan fingerprint density at radius 2 is 1.57 bits per heavy atom. The van der Waals surface area contributed by atoms with E-state index in [9.17, 15) is 4.79 Å². The molecule has 0 radical (unpaired) electrons. The zero-order valence-corrected chi connectivity index (χ0v) is 13.2. The van der Waals surface area contributed by atoms with Gasteiger partial charge in [-0.2, -0.15) is 0 Å². The summed E-state index contributed by atoms with van der Waals surface area (Å²) in [6.45, 7) is 0. The molecule has 0 atom stereocenters. The zero-order valence-electron chi connectivity index (χ0n) is 13.2. The van der Waals surface area contributed by atoms with Crippen molar-refractivity contribution in [2.75, 3.05) is 21.3 Å². The standard InChI is InChI=1S/C18H18O5/c1-20-15-11-9-13(17(21-2)18(15)22-3)10-12-16(19)23-14-7-5-4-6-8-14/h4-12H,1-3H3. The lowest BCUT2D eigenvalue weighted by Crippen LogP contribution is -2.03. The minimum Gasteiger partial charge on any atom is -0.493 e. The van der Waals surface area contributed by atoms with E-state index < -0.39 is 5.97 Å². The summed E-state index contributed by atoms with van der Waals surface area (Å²) in [6.07, 6.45) is 2.93. The van der Waals surface area contributed by atoms with Crippen molar-refractivity contribution in [3.8, 4) is 23.0 Å². The number of methoxy groups -OCH3 is 3. The second-order valence-electron chi connectivity index (χ2n) is 4.49. The molecule has 2 aromatic rings. The lowest BCUT2D eigenvalue weighted by Gasteiger charge is -2.13. The molecule has 0 spiro atoms. The molecular weight excluding hydrogens is 296 g/mol. The van der Waals surface area contributed by atoms with Crippen LogP contribution in [-0.4, -0.2) is 27.3 Å². The molecule has 2 rings (SSSR count). The molecule has 0 aliphatic rings. The third-order valence-corrected chi connectivity index (χ3v) is 3.10. The first-order valence-electron chi connectivity index (χ1n) is 6.93. The summed E-state index contributed by atoms with van der Waals surface area (Å²) < 4.78 is 21.1. The molecule has 23 heavy (non-hydrogen) atoms. The van der Waals surface area contributed by atoms with Crippen molar-refractivity contribution < 1.29 is 23.7 Å². The molecular formula is C18H18O5. The fourth-order valence-corrected chi connectivity index (χ4v) is 2.05. The van der Waals surface area contributed by atoms with Crippen molar-refractivity contribution in [2.24, 2.45) is 0 Å². The maximum Gasteiger partial charge on any atom is 0.336 e. The largest absolute Gasteiger partial charge is 0.493 e. The van der Waals surface area contributed by atoms with Gasteiger partial charge in [-0.1, -0.05) is 18.2 Å². The molecule has 2 aromatic carbocycles. The van der Waals surface area contributed by atoms with E-state index in [0.29, 0.717) is 28.6 Å². The predicted octanol–water partition coefficient (Wildman–Crippen LogP) is 3.33. The highest BCUT2D eigenvalue weighted by Gasteiger charge is 2.14. The molecule has 0 saturated carbocycles. The van der Waals surface area contributed by atoms with Crippen molar-refractivity contribution in [1.82, 2.24) is 0 Å². The van der Waals surface area contributed by atoms with Crippen molar-refractivity contribution >= 4 is 12.0 Å². The van der Waals surface area contributed by atoms with Crippen LogP contribution in [-0.2, 0) is 4.79 Å². The van der Waals surface area contributed by atoms with Gasteiger partial charge >= 0.3 is 5.97 Å². The summed E-state index contributed by atoms with van der Waals surface area (Å²) >= 11 is 0. The Labute approximate surface area is 135 Å². The molecule has 0 aromatic heterocycles. The number of benzene rings is 2. The number of para-hydroxylation sites is 1. The Bertz CT molecular complexity index is 692. The Morgan fingerprint density at radius 1 is 0.870 bits per heavy atom. The van der Waals surface area contributed by atoms with Crippen LogP contribution in [0, 0.1) is 0 Å². The molecule has 0 N–H and O–H groups in total. The second kappa shape index (κ2) is 7.89. The fraction of sp³-hybridized carbons (Fsp3) is 0.167. The number of esters is 1. The van der Waals surface area contributed by atoms with E-state index in [1.165, 1.54) is 20.3 Å². The van der Waals surface area contributed by atoms with Crippen LogP contribution in [0.2, 0.25) is 0 Å².